The minimum Gasteiger partial charge on any atom is -0.300 e. The summed E-state index contributed by atoms with van der Waals surface area (Å²) in [5.41, 5.74) is 0.669. The molecule has 3 nitrogen and oxygen atoms in total. The normalized spacial score (nSPS) is 29.7. The number of nitrogens with zero attached hydrogens (tertiary/aromatic N) is 3. The Morgan fingerprint density at radius 2 is 1.35 bits per heavy atom. The maximum Gasteiger partial charge on any atom is 0.0350 e. The van der Waals surface area contributed by atoms with Gasteiger partial charge in [0, 0.05) is 37.8 Å². The number of piperidine rings is 1. The monoisotopic (exact) mass is 279 g/mol. The number of hydrogen-bond donors (Lipinski definition) is 0. The lowest BCUT2D eigenvalue weighted by molar-refractivity contribution is -0.0166. The van der Waals surface area contributed by atoms with Crippen molar-refractivity contribution >= 4 is 0 Å². The maximum absolute atomic E-state index is 2.78. The second-order valence-corrected chi connectivity index (χ2v) is 8.05. The van der Waals surface area contributed by atoms with E-state index in [-0.39, 0.29) is 0 Å². The van der Waals surface area contributed by atoms with E-state index in [1.165, 1.54) is 58.5 Å². The highest BCUT2D eigenvalue weighted by Crippen LogP contribution is 2.41. The number of likely N-dealkylation sites (tertiary alicyclic amines) is 3. The zero-order valence-electron chi connectivity index (χ0n) is 13.9. The third-order valence-electron chi connectivity index (χ3n) is 6.19. The molecule has 0 aliphatic carbocycles. The van der Waals surface area contributed by atoms with Crippen molar-refractivity contribution < 1.29 is 0 Å². The van der Waals surface area contributed by atoms with Gasteiger partial charge in [-0.2, -0.15) is 0 Å². The molecule has 3 saturated heterocycles. The Labute approximate surface area is 125 Å². The van der Waals surface area contributed by atoms with Gasteiger partial charge in [0.15, 0.2) is 0 Å². The molecule has 0 aromatic rings. The summed E-state index contributed by atoms with van der Waals surface area (Å²) in [7, 11) is 0. The Bertz CT molecular complexity index is 325. The van der Waals surface area contributed by atoms with Gasteiger partial charge in [-0.05, 0) is 72.0 Å². The van der Waals surface area contributed by atoms with Crippen molar-refractivity contribution in [2.75, 3.05) is 39.3 Å². The average molecular weight is 279 g/mol. The third kappa shape index (κ3) is 2.77. The van der Waals surface area contributed by atoms with Crippen LogP contribution in [-0.4, -0.2) is 72.1 Å². The Morgan fingerprint density at radius 3 is 1.85 bits per heavy atom. The van der Waals surface area contributed by atoms with E-state index in [1.54, 1.807) is 0 Å². The fraction of sp³-hybridized carbons (Fsp3) is 1.00. The number of rotatable bonds is 3. The van der Waals surface area contributed by atoms with Crippen molar-refractivity contribution in [1.29, 1.82) is 0 Å². The molecular weight excluding hydrogens is 246 g/mol. The van der Waals surface area contributed by atoms with Gasteiger partial charge in [0.2, 0.25) is 0 Å². The van der Waals surface area contributed by atoms with Crippen LogP contribution in [0.25, 0.3) is 0 Å². The van der Waals surface area contributed by atoms with Gasteiger partial charge in [0.05, 0.1) is 0 Å². The van der Waals surface area contributed by atoms with Crippen LogP contribution < -0.4 is 0 Å². The minimum atomic E-state index is 0.669. The van der Waals surface area contributed by atoms with E-state index in [1.807, 2.05) is 0 Å². The van der Waals surface area contributed by atoms with Crippen molar-refractivity contribution in [2.24, 2.45) is 5.41 Å². The zero-order valence-corrected chi connectivity index (χ0v) is 13.9. The standard InChI is InChI=1S/C17H33N3/c1-14(2)19-10-7-17(13-19)5-8-18(9-6-17)16-11-20(12-16)15(3)4/h14-16H,5-13H2,1-4H3. The molecule has 0 radical (unpaired) electrons. The van der Waals surface area contributed by atoms with Gasteiger partial charge in [-0.1, -0.05) is 0 Å². The van der Waals surface area contributed by atoms with Gasteiger partial charge in [-0.25, -0.2) is 0 Å². The molecule has 0 amide bonds. The highest BCUT2D eigenvalue weighted by atomic mass is 15.3. The fourth-order valence-electron chi connectivity index (χ4n) is 4.32. The van der Waals surface area contributed by atoms with Crippen molar-refractivity contribution in [3.63, 3.8) is 0 Å². The first-order valence-corrected chi connectivity index (χ1v) is 8.71. The van der Waals surface area contributed by atoms with E-state index < -0.39 is 0 Å². The van der Waals surface area contributed by atoms with Crippen LogP contribution >= 0.6 is 0 Å². The molecule has 3 aliphatic heterocycles. The Kier molecular flexibility index (Phi) is 4.13. The van der Waals surface area contributed by atoms with Gasteiger partial charge in [-0.15, -0.1) is 0 Å². The van der Waals surface area contributed by atoms with Crippen molar-refractivity contribution in [3.8, 4) is 0 Å². The van der Waals surface area contributed by atoms with Crippen molar-refractivity contribution in [3.05, 3.63) is 0 Å². The molecule has 0 aromatic carbocycles. The van der Waals surface area contributed by atoms with Crippen LogP contribution in [-0.2, 0) is 0 Å². The predicted octanol–water partition coefficient (Wildman–Crippen LogP) is 2.28. The highest BCUT2D eigenvalue weighted by molar-refractivity contribution is 4.98. The van der Waals surface area contributed by atoms with Gasteiger partial charge in [-0.3, -0.25) is 9.80 Å². The van der Waals surface area contributed by atoms with Gasteiger partial charge >= 0.3 is 0 Å². The summed E-state index contributed by atoms with van der Waals surface area (Å²) in [4.78, 5) is 8.08. The molecule has 0 saturated carbocycles. The maximum atomic E-state index is 2.78. The van der Waals surface area contributed by atoms with E-state index in [0.29, 0.717) is 5.41 Å². The van der Waals surface area contributed by atoms with E-state index >= 15 is 0 Å². The van der Waals surface area contributed by atoms with Crippen LogP contribution in [0.4, 0.5) is 0 Å². The predicted molar refractivity (Wildman–Crippen MR) is 85.1 cm³/mol. The minimum absolute atomic E-state index is 0.669. The van der Waals surface area contributed by atoms with E-state index in [9.17, 15) is 0 Å². The molecule has 0 aromatic heterocycles. The summed E-state index contributed by atoms with van der Waals surface area (Å²) in [6.45, 7) is 17.4. The van der Waals surface area contributed by atoms with Crippen LogP contribution in [0.2, 0.25) is 0 Å². The molecule has 3 fully saturated rings. The molecule has 116 valence electrons. The van der Waals surface area contributed by atoms with E-state index in [2.05, 4.69) is 42.4 Å². The van der Waals surface area contributed by atoms with Crippen LogP contribution in [0, 0.1) is 5.41 Å². The summed E-state index contributed by atoms with van der Waals surface area (Å²) in [6, 6.07) is 2.33. The first-order valence-electron chi connectivity index (χ1n) is 8.71. The van der Waals surface area contributed by atoms with Crippen LogP contribution in [0.3, 0.4) is 0 Å². The highest BCUT2D eigenvalue weighted by Gasteiger charge is 2.43. The molecular formula is C17H33N3. The van der Waals surface area contributed by atoms with Crippen LogP contribution in [0.1, 0.15) is 47.0 Å². The molecule has 3 heteroatoms. The average Bonchev–Trinajstić information content (AvgIpc) is 2.74. The van der Waals surface area contributed by atoms with Crippen LogP contribution in [0.15, 0.2) is 0 Å². The second-order valence-electron chi connectivity index (χ2n) is 8.05. The molecule has 3 rings (SSSR count). The lowest BCUT2D eigenvalue weighted by Gasteiger charge is -2.51. The van der Waals surface area contributed by atoms with Crippen molar-refractivity contribution in [1.82, 2.24) is 14.7 Å². The van der Waals surface area contributed by atoms with Gasteiger partial charge in [0.1, 0.15) is 0 Å². The molecule has 3 heterocycles. The number of hydrogen-bond acceptors (Lipinski definition) is 3. The van der Waals surface area contributed by atoms with Gasteiger partial charge < -0.3 is 4.90 Å². The first-order chi connectivity index (χ1) is 9.49. The topological polar surface area (TPSA) is 9.72 Å². The first kappa shape index (κ1) is 14.8. The molecule has 0 atom stereocenters. The quantitative estimate of drug-likeness (QED) is 0.785. The van der Waals surface area contributed by atoms with E-state index in [4.69, 9.17) is 0 Å². The molecule has 20 heavy (non-hydrogen) atoms. The molecule has 3 aliphatic rings. The lowest BCUT2D eigenvalue weighted by atomic mass is 9.77. The largest absolute Gasteiger partial charge is 0.300 e. The molecule has 0 unspecified atom stereocenters. The lowest BCUT2D eigenvalue weighted by Crippen LogP contribution is -2.63. The summed E-state index contributed by atoms with van der Waals surface area (Å²) in [5, 5.41) is 0. The summed E-state index contributed by atoms with van der Waals surface area (Å²) in [6.07, 6.45) is 4.32. The Balaban J connectivity index is 1.46. The van der Waals surface area contributed by atoms with E-state index in [0.717, 1.165) is 18.1 Å². The SMILES string of the molecule is CC(C)N1CC(N2CCC3(CCN(C(C)C)C3)CC2)C1. The zero-order chi connectivity index (χ0) is 14.3. The third-order valence-corrected chi connectivity index (χ3v) is 6.19. The Hall–Kier alpha value is -0.120. The molecule has 0 bridgehead atoms. The van der Waals surface area contributed by atoms with Gasteiger partial charge in [0.25, 0.3) is 0 Å². The van der Waals surface area contributed by atoms with Crippen molar-refractivity contribution in [2.45, 2.75) is 65.1 Å². The van der Waals surface area contributed by atoms with Crippen LogP contribution in [0.5, 0.6) is 0 Å². The second kappa shape index (κ2) is 5.58. The Morgan fingerprint density at radius 1 is 0.800 bits per heavy atom. The smallest absolute Gasteiger partial charge is 0.0350 e. The molecule has 1 spiro atoms. The summed E-state index contributed by atoms with van der Waals surface area (Å²) in [5.74, 6) is 0. The molecule has 0 N–H and O–H groups in total. The fourth-order valence-corrected chi connectivity index (χ4v) is 4.32. The summed E-state index contributed by atoms with van der Waals surface area (Å²) < 4.78 is 0. The summed E-state index contributed by atoms with van der Waals surface area (Å²) >= 11 is 0.